The summed E-state index contributed by atoms with van der Waals surface area (Å²) in [4.78, 5) is 3.27. The largest absolute Gasteiger partial charge is 0.274 e. The topological polar surface area (TPSA) is 26.0 Å². The first-order valence-electron chi connectivity index (χ1n) is 3.67. The molecule has 10 heavy (non-hydrogen) atoms. The van der Waals surface area contributed by atoms with E-state index in [-0.39, 0.29) is 0 Å². The second kappa shape index (κ2) is 2.29. The van der Waals surface area contributed by atoms with Crippen molar-refractivity contribution in [1.82, 2.24) is 5.32 Å². The van der Waals surface area contributed by atoms with Crippen LogP contribution in [0.2, 0.25) is 0 Å². The highest BCUT2D eigenvalue weighted by atomic mass is 15.0. The number of hydrogen-bond acceptors (Lipinski definition) is 1. The van der Waals surface area contributed by atoms with Crippen LogP contribution in [0.3, 0.4) is 0 Å². The Morgan fingerprint density at radius 3 is 3.50 bits per heavy atom. The van der Waals surface area contributed by atoms with E-state index in [0.717, 1.165) is 0 Å². The molecule has 0 amide bonds. The van der Waals surface area contributed by atoms with Gasteiger partial charge in [-0.15, -0.1) is 0 Å². The van der Waals surface area contributed by atoms with Gasteiger partial charge in [-0.05, 0) is 12.8 Å². The smallest absolute Gasteiger partial charge is 0.234 e. The molecule has 1 atom stereocenters. The minimum atomic E-state index is 0.561. The third-order valence-electron chi connectivity index (χ3n) is 1.95. The molecule has 0 radical (unpaired) electrons. The first kappa shape index (κ1) is 5.71. The summed E-state index contributed by atoms with van der Waals surface area (Å²) >= 11 is 0. The zero-order valence-corrected chi connectivity index (χ0v) is 5.80. The van der Waals surface area contributed by atoms with Crippen LogP contribution in [0, 0.1) is 0 Å². The van der Waals surface area contributed by atoms with Crippen LogP contribution in [-0.2, 0) is 0 Å². The quantitative estimate of drug-likeness (QED) is 0.451. The van der Waals surface area contributed by atoms with E-state index in [9.17, 15) is 0 Å². The zero-order valence-electron chi connectivity index (χ0n) is 5.80. The Hall–Kier alpha value is -1.05. The van der Waals surface area contributed by atoms with Crippen LogP contribution >= 0.6 is 0 Å². The van der Waals surface area contributed by atoms with Crippen LogP contribution in [0.5, 0.6) is 0 Å². The molecular weight excluding hydrogens is 124 g/mol. The van der Waals surface area contributed by atoms with Crippen molar-refractivity contribution in [1.29, 1.82) is 0 Å². The Labute approximate surface area is 60.3 Å². The predicted molar refractivity (Wildman–Crippen MR) is 40.4 cm³/mol. The normalized spacial score (nSPS) is 28.8. The fraction of sp³-hybridized carbons (Fsp3) is 0.375. The summed E-state index contributed by atoms with van der Waals surface area (Å²) < 4.78 is 0. The molecule has 0 spiro atoms. The molecule has 1 aliphatic heterocycles. The lowest BCUT2D eigenvalue weighted by atomic mass is 9.97. The van der Waals surface area contributed by atoms with Gasteiger partial charge in [0.15, 0.2) is 0 Å². The lowest BCUT2D eigenvalue weighted by molar-refractivity contribution is -0.491. The summed E-state index contributed by atoms with van der Waals surface area (Å²) in [5, 5.41) is 3.03. The number of nitrogens with one attached hydrogen (secondary N) is 2. The van der Waals surface area contributed by atoms with Crippen molar-refractivity contribution in [2.45, 2.75) is 18.9 Å². The number of hydrogen-bond donors (Lipinski definition) is 2. The van der Waals surface area contributed by atoms with Gasteiger partial charge in [0.1, 0.15) is 6.04 Å². The van der Waals surface area contributed by atoms with Gasteiger partial charge < -0.3 is 0 Å². The second-order valence-electron chi connectivity index (χ2n) is 2.65. The zero-order chi connectivity index (χ0) is 6.81. The van der Waals surface area contributed by atoms with E-state index in [1.807, 2.05) is 6.34 Å². The molecule has 2 heteroatoms. The maximum absolute atomic E-state index is 3.27. The molecule has 0 saturated carbocycles. The van der Waals surface area contributed by atoms with Crippen molar-refractivity contribution in [3.63, 3.8) is 0 Å². The molecule has 0 aromatic rings. The molecule has 0 aromatic heterocycles. The minimum Gasteiger partial charge on any atom is -0.274 e. The van der Waals surface area contributed by atoms with Crippen LogP contribution in [0.15, 0.2) is 23.9 Å². The molecule has 0 aromatic carbocycles. The van der Waals surface area contributed by atoms with Crippen LogP contribution < -0.4 is 10.3 Å². The van der Waals surface area contributed by atoms with Gasteiger partial charge in [0.2, 0.25) is 6.34 Å². The number of rotatable bonds is 0. The van der Waals surface area contributed by atoms with Crippen molar-refractivity contribution in [2.24, 2.45) is 0 Å². The Morgan fingerprint density at radius 2 is 2.60 bits per heavy atom. The van der Waals surface area contributed by atoms with E-state index in [0.29, 0.717) is 6.04 Å². The van der Waals surface area contributed by atoms with E-state index >= 15 is 0 Å². The fourth-order valence-electron chi connectivity index (χ4n) is 1.38. The van der Waals surface area contributed by atoms with Crippen molar-refractivity contribution < 1.29 is 4.99 Å². The van der Waals surface area contributed by atoms with Gasteiger partial charge in [0.05, 0.1) is 6.20 Å². The van der Waals surface area contributed by atoms with Gasteiger partial charge in [0, 0.05) is 5.57 Å². The van der Waals surface area contributed by atoms with Crippen LogP contribution in [0.1, 0.15) is 12.8 Å². The summed E-state index contributed by atoms with van der Waals surface area (Å²) in [6.45, 7) is 0. The molecule has 0 fully saturated rings. The van der Waals surface area contributed by atoms with Crippen molar-refractivity contribution in [3.05, 3.63) is 23.9 Å². The summed E-state index contributed by atoms with van der Waals surface area (Å²) in [6, 6.07) is 0.561. The first-order chi connectivity index (χ1) is 4.97. The van der Waals surface area contributed by atoms with Crippen molar-refractivity contribution >= 4 is 6.34 Å². The summed E-state index contributed by atoms with van der Waals surface area (Å²) in [5.41, 5.74) is 1.37. The summed E-state index contributed by atoms with van der Waals surface area (Å²) in [7, 11) is 0. The standard InChI is InChI=1S/C8H10N2/c1-2-4-8-7(3-1)5-9-6-10-8/h1,3,5-6,8H,2,4H2,(H,9,10)/p+1. The summed E-state index contributed by atoms with van der Waals surface area (Å²) in [5.74, 6) is 0. The summed E-state index contributed by atoms with van der Waals surface area (Å²) in [6.07, 6.45) is 10.8. The van der Waals surface area contributed by atoms with Crippen LogP contribution in [0.4, 0.5) is 0 Å². The molecule has 1 aliphatic carbocycles. The Bertz CT molecular complexity index is 213. The van der Waals surface area contributed by atoms with E-state index < -0.39 is 0 Å². The maximum atomic E-state index is 3.27. The lowest BCUT2D eigenvalue weighted by Gasteiger charge is -2.15. The molecule has 2 rings (SSSR count). The van der Waals surface area contributed by atoms with E-state index in [1.54, 1.807) is 0 Å². The Balaban J connectivity index is 2.26. The Kier molecular flexibility index (Phi) is 1.31. The lowest BCUT2D eigenvalue weighted by Crippen LogP contribution is -2.80. The molecule has 2 aliphatic rings. The molecule has 1 unspecified atom stereocenters. The first-order valence-corrected chi connectivity index (χ1v) is 3.67. The third kappa shape index (κ3) is 0.856. The fourth-order valence-corrected chi connectivity index (χ4v) is 1.38. The van der Waals surface area contributed by atoms with Crippen LogP contribution in [0.25, 0.3) is 0 Å². The van der Waals surface area contributed by atoms with E-state index in [1.165, 1.54) is 18.4 Å². The highest BCUT2D eigenvalue weighted by Crippen LogP contribution is 2.13. The molecular formula is C8H11N2+. The average molecular weight is 135 g/mol. The van der Waals surface area contributed by atoms with Gasteiger partial charge in [-0.25, -0.2) is 0 Å². The van der Waals surface area contributed by atoms with Crippen molar-refractivity contribution in [3.8, 4) is 0 Å². The molecule has 0 bridgehead atoms. The van der Waals surface area contributed by atoms with Gasteiger partial charge >= 0.3 is 0 Å². The highest BCUT2D eigenvalue weighted by Gasteiger charge is 2.17. The SMILES string of the molecule is C1=CC2=CNC=[NH+]C2CC1. The predicted octanol–water partition coefficient (Wildman–Crippen LogP) is -0.699. The highest BCUT2D eigenvalue weighted by molar-refractivity contribution is 5.51. The number of allylic oxidation sites excluding steroid dienone is 1. The van der Waals surface area contributed by atoms with E-state index in [2.05, 4.69) is 28.7 Å². The van der Waals surface area contributed by atoms with Crippen LogP contribution in [-0.4, -0.2) is 12.4 Å². The average Bonchev–Trinajstić information content (AvgIpc) is 2.05. The molecule has 0 saturated heterocycles. The van der Waals surface area contributed by atoms with Gasteiger partial charge in [0.25, 0.3) is 0 Å². The second-order valence-corrected chi connectivity index (χ2v) is 2.65. The van der Waals surface area contributed by atoms with Gasteiger partial charge in [-0.1, -0.05) is 12.2 Å². The maximum Gasteiger partial charge on any atom is 0.234 e. The van der Waals surface area contributed by atoms with E-state index in [4.69, 9.17) is 0 Å². The number of fused-ring (bicyclic) bond motifs is 1. The third-order valence-corrected chi connectivity index (χ3v) is 1.95. The van der Waals surface area contributed by atoms with Crippen molar-refractivity contribution in [2.75, 3.05) is 0 Å². The molecule has 52 valence electrons. The Morgan fingerprint density at radius 1 is 1.60 bits per heavy atom. The molecule has 2 nitrogen and oxygen atoms in total. The monoisotopic (exact) mass is 135 g/mol. The molecule has 2 N–H and O–H groups in total. The minimum absolute atomic E-state index is 0.561. The van der Waals surface area contributed by atoms with Gasteiger partial charge in [-0.3, -0.25) is 10.3 Å². The molecule has 1 heterocycles. The van der Waals surface area contributed by atoms with Gasteiger partial charge in [-0.2, -0.15) is 0 Å².